The predicted octanol–water partition coefficient (Wildman–Crippen LogP) is 3.51. The molecule has 1 aliphatic rings. The van der Waals surface area contributed by atoms with Crippen LogP contribution in [0.25, 0.3) is 0 Å². The van der Waals surface area contributed by atoms with Crippen molar-refractivity contribution >= 4 is 5.82 Å². The van der Waals surface area contributed by atoms with Gasteiger partial charge in [0.15, 0.2) is 0 Å². The first-order valence-electron chi connectivity index (χ1n) is 7.81. The Kier molecular flexibility index (Phi) is 4.69. The molecule has 0 aromatic carbocycles. The average Bonchev–Trinajstić information content (AvgIpc) is 2.35. The van der Waals surface area contributed by atoms with Crippen LogP contribution < -0.4 is 10.2 Å². The van der Waals surface area contributed by atoms with Crippen LogP contribution in [0.4, 0.5) is 5.82 Å². The van der Waals surface area contributed by atoms with Gasteiger partial charge in [-0.25, -0.2) is 4.98 Å². The summed E-state index contributed by atoms with van der Waals surface area (Å²) in [6.45, 7) is 14.4. The van der Waals surface area contributed by atoms with Crippen LogP contribution in [-0.2, 0) is 6.54 Å². The highest BCUT2D eigenvalue weighted by atomic mass is 15.2. The summed E-state index contributed by atoms with van der Waals surface area (Å²) in [5.41, 5.74) is 2.98. The van der Waals surface area contributed by atoms with Crippen LogP contribution in [0.15, 0.2) is 12.3 Å². The van der Waals surface area contributed by atoms with Crippen LogP contribution >= 0.6 is 0 Å². The molecule has 0 spiro atoms. The monoisotopic (exact) mass is 275 g/mol. The van der Waals surface area contributed by atoms with Crippen molar-refractivity contribution in [2.45, 2.75) is 60.0 Å². The first-order valence-corrected chi connectivity index (χ1v) is 7.81. The van der Waals surface area contributed by atoms with Gasteiger partial charge in [-0.3, -0.25) is 0 Å². The van der Waals surface area contributed by atoms with Crippen molar-refractivity contribution in [3.05, 3.63) is 23.4 Å². The van der Waals surface area contributed by atoms with Gasteiger partial charge in [0, 0.05) is 31.9 Å². The lowest BCUT2D eigenvalue weighted by atomic mass is 9.84. The number of piperidine rings is 1. The van der Waals surface area contributed by atoms with Crippen molar-refractivity contribution in [2.75, 3.05) is 18.0 Å². The molecule has 2 rings (SSSR count). The molecule has 0 bridgehead atoms. The zero-order valence-electron chi connectivity index (χ0n) is 13.7. The normalized spacial score (nSPS) is 18.6. The second-order valence-electron chi connectivity index (χ2n) is 7.21. The van der Waals surface area contributed by atoms with E-state index in [2.05, 4.69) is 50.9 Å². The SMILES string of the molecule is Cc1cc(CNC(C)C)cnc1N1CCCC(C)(C)C1. The molecule has 3 heteroatoms. The van der Waals surface area contributed by atoms with Crippen molar-refractivity contribution in [1.82, 2.24) is 10.3 Å². The Balaban J connectivity index is 2.09. The fourth-order valence-electron chi connectivity index (χ4n) is 2.98. The Morgan fingerprint density at radius 2 is 2.15 bits per heavy atom. The van der Waals surface area contributed by atoms with Crippen molar-refractivity contribution < 1.29 is 0 Å². The van der Waals surface area contributed by atoms with Gasteiger partial charge in [0.25, 0.3) is 0 Å². The topological polar surface area (TPSA) is 28.2 Å². The molecular formula is C17H29N3. The van der Waals surface area contributed by atoms with E-state index in [1.165, 1.54) is 29.8 Å². The van der Waals surface area contributed by atoms with Crippen LogP contribution in [0.5, 0.6) is 0 Å². The van der Waals surface area contributed by atoms with E-state index in [-0.39, 0.29) is 0 Å². The molecule has 1 N–H and O–H groups in total. The summed E-state index contributed by atoms with van der Waals surface area (Å²) >= 11 is 0. The fourth-order valence-corrected chi connectivity index (χ4v) is 2.98. The van der Waals surface area contributed by atoms with Gasteiger partial charge in [-0.1, -0.05) is 27.7 Å². The maximum atomic E-state index is 4.73. The molecule has 1 saturated heterocycles. The van der Waals surface area contributed by atoms with Gasteiger partial charge < -0.3 is 10.2 Å². The summed E-state index contributed by atoms with van der Waals surface area (Å²) in [7, 11) is 0. The number of aryl methyl sites for hydroxylation is 1. The lowest BCUT2D eigenvalue weighted by Crippen LogP contribution is -2.40. The van der Waals surface area contributed by atoms with Gasteiger partial charge in [0.1, 0.15) is 5.82 Å². The van der Waals surface area contributed by atoms with E-state index in [4.69, 9.17) is 4.98 Å². The summed E-state index contributed by atoms with van der Waals surface area (Å²) in [6.07, 6.45) is 4.61. The molecule has 0 atom stereocenters. The van der Waals surface area contributed by atoms with E-state index in [1.807, 2.05) is 6.20 Å². The van der Waals surface area contributed by atoms with E-state index >= 15 is 0 Å². The minimum Gasteiger partial charge on any atom is -0.356 e. The zero-order valence-corrected chi connectivity index (χ0v) is 13.7. The Morgan fingerprint density at radius 1 is 1.40 bits per heavy atom. The number of nitrogens with zero attached hydrogens (tertiary/aromatic N) is 2. The Bertz CT molecular complexity index is 452. The molecule has 3 nitrogen and oxygen atoms in total. The van der Waals surface area contributed by atoms with Crippen molar-refractivity contribution in [1.29, 1.82) is 0 Å². The molecule has 20 heavy (non-hydrogen) atoms. The molecule has 1 aromatic heterocycles. The third-order valence-corrected chi connectivity index (χ3v) is 4.02. The average molecular weight is 275 g/mol. The Labute approximate surface area is 123 Å². The maximum absolute atomic E-state index is 4.73. The summed E-state index contributed by atoms with van der Waals surface area (Å²) < 4.78 is 0. The number of nitrogens with one attached hydrogen (secondary N) is 1. The quantitative estimate of drug-likeness (QED) is 0.911. The van der Waals surface area contributed by atoms with Crippen LogP contribution in [-0.4, -0.2) is 24.1 Å². The Morgan fingerprint density at radius 3 is 2.75 bits per heavy atom. The van der Waals surface area contributed by atoms with E-state index in [1.54, 1.807) is 0 Å². The lowest BCUT2D eigenvalue weighted by molar-refractivity contribution is 0.292. The van der Waals surface area contributed by atoms with Gasteiger partial charge in [0.05, 0.1) is 0 Å². The van der Waals surface area contributed by atoms with Gasteiger partial charge in [-0.15, -0.1) is 0 Å². The highest BCUT2D eigenvalue weighted by Gasteiger charge is 2.27. The van der Waals surface area contributed by atoms with Crippen LogP contribution in [0.1, 0.15) is 51.7 Å². The summed E-state index contributed by atoms with van der Waals surface area (Å²) in [4.78, 5) is 7.19. The Hall–Kier alpha value is -1.09. The second kappa shape index (κ2) is 6.13. The van der Waals surface area contributed by atoms with Gasteiger partial charge in [-0.2, -0.15) is 0 Å². The largest absolute Gasteiger partial charge is 0.356 e. The van der Waals surface area contributed by atoms with E-state index < -0.39 is 0 Å². The van der Waals surface area contributed by atoms with Crippen LogP contribution in [0, 0.1) is 12.3 Å². The molecule has 0 radical (unpaired) electrons. The fraction of sp³-hybridized carbons (Fsp3) is 0.706. The second-order valence-corrected chi connectivity index (χ2v) is 7.21. The molecule has 0 aliphatic carbocycles. The van der Waals surface area contributed by atoms with Gasteiger partial charge in [0.2, 0.25) is 0 Å². The molecule has 112 valence electrons. The van der Waals surface area contributed by atoms with E-state index in [9.17, 15) is 0 Å². The predicted molar refractivity (Wildman–Crippen MR) is 86.2 cm³/mol. The van der Waals surface area contributed by atoms with Gasteiger partial charge in [-0.05, 0) is 42.4 Å². The molecule has 0 unspecified atom stereocenters. The molecule has 0 saturated carbocycles. The summed E-state index contributed by atoms with van der Waals surface area (Å²) in [5.74, 6) is 1.17. The van der Waals surface area contributed by atoms with Crippen molar-refractivity contribution in [2.24, 2.45) is 5.41 Å². The highest BCUT2D eigenvalue weighted by Crippen LogP contribution is 2.32. The van der Waals surface area contributed by atoms with Crippen LogP contribution in [0.3, 0.4) is 0 Å². The third-order valence-electron chi connectivity index (χ3n) is 4.02. The van der Waals surface area contributed by atoms with E-state index in [0.29, 0.717) is 11.5 Å². The number of rotatable bonds is 4. The first kappa shape index (κ1) is 15.3. The highest BCUT2D eigenvalue weighted by molar-refractivity contribution is 5.48. The lowest BCUT2D eigenvalue weighted by Gasteiger charge is -2.39. The van der Waals surface area contributed by atoms with Gasteiger partial charge >= 0.3 is 0 Å². The summed E-state index contributed by atoms with van der Waals surface area (Å²) in [5, 5.41) is 3.45. The number of hydrogen-bond acceptors (Lipinski definition) is 3. The third kappa shape index (κ3) is 3.95. The number of aromatic nitrogens is 1. The molecule has 2 heterocycles. The number of pyridine rings is 1. The molecule has 1 aromatic rings. The smallest absolute Gasteiger partial charge is 0.131 e. The minimum atomic E-state index is 0.407. The zero-order chi connectivity index (χ0) is 14.8. The molecule has 0 amide bonds. The van der Waals surface area contributed by atoms with Crippen molar-refractivity contribution in [3.8, 4) is 0 Å². The molecular weight excluding hydrogens is 246 g/mol. The molecule has 1 aliphatic heterocycles. The van der Waals surface area contributed by atoms with Crippen LogP contribution in [0.2, 0.25) is 0 Å². The van der Waals surface area contributed by atoms with Crippen molar-refractivity contribution in [3.63, 3.8) is 0 Å². The standard InChI is InChI=1S/C17H29N3/c1-13(2)18-10-15-9-14(3)16(19-11-15)20-8-6-7-17(4,5)12-20/h9,11,13,18H,6-8,10,12H2,1-5H3. The van der Waals surface area contributed by atoms with E-state index in [0.717, 1.165) is 19.6 Å². The maximum Gasteiger partial charge on any atom is 0.131 e. The number of hydrogen-bond donors (Lipinski definition) is 1. The minimum absolute atomic E-state index is 0.407. The number of anilines is 1. The first-order chi connectivity index (χ1) is 9.37. The summed E-state index contributed by atoms with van der Waals surface area (Å²) in [6, 6.07) is 2.79. The molecule has 1 fully saturated rings.